The van der Waals surface area contributed by atoms with Gasteiger partial charge in [0.25, 0.3) is 5.91 Å². The second kappa shape index (κ2) is 6.32. The molecule has 7 nitrogen and oxygen atoms in total. The van der Waals surface area contributed by atoms with Crippen LogP contribution in [0.2, 0.25) is 0 Å². The standard InChI is InChI=1S/C17H21N5O2/c1-21-14-7-9-22(17(23)13-4-2-3-8-18-13)15(16(14)19-20-21)11-24-10-12-5-6-12/h2-4,8,12,15H,5-7,9-11H2,1H3. The van der Waals surface area contributed by atoms with E-state index >= 15 is 0 Å². The minimum atomic E-state index is -0.198. The van der Waals surface area contributed by atoms with Crippen molar-refractivity contribution < 1.29 is 9.53 Å². The number of rotatable bonds is 5. The number of aromatic nitrogens is 4. The highest BCUT2D eigenvalue weighted by atomic mass is 16.5. The normalized spacial score (nSPS) is 20.0. The molecular formula is C17H21N5O2. The minimum Gasteiger partial charge on any atom is -0.379 e. The Labute approximate surface area is 140 Å². The summed E-state index contributed by atoms with van der Waals surface area (Å²) >= 11 is 0. The summed E-state index contributed by atoms with van der Waals surface area (Å²) in [7, 11) is 1.89. The van der Waals surface area contributed by atoms with Crippen LogP contribution < -0.4 is 0 Å². The average molecular weight is 327 g/mol. The second-order valence-corrected chi connectivity index (χ2v) is 6.51. The number of amides is 1. The van der Waals surface area contributed by atoms with Gasteiger partial charge in [0.1, 0.15) is 17.4 Å². The molecule has 1 aliphatic carbocycles. The first-order chi connectivity index (χ1) is 11.7. The summed E-state index contributed by atoms with van der Waals surface area (Å²) in [5.41, 5.74) is 2.39. The number of ether oxygens (including phenoxy) is 1. The first-order valence-electron chi connectivity index (χ1n) is 8.42. The Morgan fingerprint density at radius 1 is 1.33 bits per heavy atom. The van der Waals surface area contributed by atoms with E-state index in [1.165, 1.54) is 12.8 Å². The SMILES string of the molecule is Cn1nnc2c1CCN(C(=O)c1ccccn1)C2COCC1CC1. The molecule has 1 unspecified atom stereocenters. The van der Waals surface area contributed by atoms with Crippen LogP contribution in [-0.2, 0) is 18.2 Å². The average Bonchev–Trinajstić information content (AvgIpc) is 3.37. The molecule has 126 valence electrons. The van der Waals surface area contributed by atoms with E-state index in [-0.39, 0.29) is 11.9 Å². The number of hydrogen-bond donors (Lipinski definition) is 0. The van der Waals surface area contributed by atoms with E-state index < -0.39 is 0 Å². The number of pyridine rings is 1. The van der Waals surface area contributed by atoms with Gasteiger partial charge in [0.2, 0.25) is 0 Å². The molecule has 0 saturated heterocycles. The summed E-state index contributed by atoms with van der Waals surface area (Å²) in [6, 6.07) is 5.19. The van der Waals surface area contributed by atoms with Crippen LogP contribution in [0.5, 0.6) is 0 Å². The summed E-state index contributed by atoms with van der Waals surface area (Å²) < 4.78 is 7.69. The van der Waals surface area contributed by atoms with Gasteiger partial charge >= 0.3 is 0 Å². The van der Waals surface area contributed by atoms with E-state index in [1.54, 1.807) is 16.9 Å². The molecule has 1 amide bonds. The van der Waals surface area contributed by atoms with Crippen molar-refractivity contribution >= 4 is 5.91 Å². The third-order valence-electron chi connectivity index (χ3n) is 4.73. The quantitative estimate of drug-likeness (QED) is 0.829. The van der Waals surface area contributed by atoms with Gasteiger partial charge in [0, 0.05) is 32.8 Å². The predicted octanol–water partition coefficient (Wildman–Crippen LogP) is 1.38. The van der Waals surface area contributed by atoms with E-state index in [1.807, 2.05) is 24.1 Å². The van der Waals surface area contributed by atoms with Crippen molar-refractivity contribution in [3.8, 4) is 0 Å². The number of fused-ring (bicyclic) bond motifs is 1. The molecule has 1 aliphatic heterocycles. The summed E-state index contributed by atoms with van der Waals surface area (Å²) in [5.74, 6) is 0.613. The topological polar surface area (TPSA) is 73.1 Å². The molecular weight excluding hydrogens is 306 g/mol. The Morgan fingerprint density at radius 2 is 2.21 bits per heavy atom. The van der Waals surface area contributed by atoms with Crippen molar-refractivity contribution in [3.63, 3.8) is 0 Å². The van der Waals surface area contributed by atoms with Gasteiger partial charge in [0.15, 0.2) is 0 Å². The van der Waals surface area contributed by atoms with Gasteiger partial charge in [0.05, 0.1) is 12.3 Å². The van der Waals surface area contributed by atoms with Crippen LogP contribution in [-0.4, -0.2) is 50.5 Å². The number of carbonyl (C=O) groups excluding carboxylic acids is 1. The largest absolute Gasteiger partial charge is 0.379 e. The maximum Gasteiger partial charge on any atom is 0.273 e. The molecule has 1 saturated carbocycles. The van der Waals surface area contributed by atoms with E-state index in [4.69, 9.17) is 4.74 Å². The van der Waals surface area contributed by atoms with Gasteiger partial charge in [-0.15, -0.1) is 5.10 Å². The lowest BCUT2D eigenvalue weighted by Crippen LogP contribution is -2.42. The molecule has 1 atom stereocenters. The highest BCUT2D eigenvalue weighted by molar-refractivity contribution is 5.92. The van der Waals surface area contributed by atoms with Crippen LogP contribution >= 0.6 is 0 Å². The van der Waals surface area contributed by atoms with Crippen molar-refractivity contribution in [2.24, 2.45) is 13.0 Å². The van der Waals surface area contributed by atoms with E-state index in [9.17, 15) is 4.79 Å². The molecule has 0 N–H and O–H groups in total. The molecule has 0 radical (unpaired) electrons. The highest BCUT2D eigenvalue weighted by Crippen LogP contribution is 2.32. The van der Waals surface area contributed by atoms with Crippen LogP contribution in [0.4, 0.5) is 0 Å². The molecule has 0 spiro atoms. The van der Waals surface area contributed by atoms with Gasteiger partial charge in [-0.25, -0.2) is 0 Å². The molecule has 4 rings (SSSR count). The van der Waals surface area contributed by atoms with Gasteiger partial charge < -0.3 is 9.64 Å². The summed E-state index contributed by atoms with van der Waals surface area (Å²) in [6.07, 6.45) is 4.88. The minimum absolute atomic E-state index is 0.0769. The summed E-state index contributed by atoms with van der Waals surface area (Å²) in [5, 5.41) is 8.42. The van der Waals surface area contributed by atoms with Crippen LogP contribution in [0.25, 0.3) is 0 Å². The number of carbonyl (C=O) groups is 1. The van der Waals surface area contributed by atoms with Crippen molar-refractivity contribution in [3.05, 3.63) is 41.5 Å². The number of hydrogen-bond acceptors (Lipinski definition) is 5. The van der Waals surface area contributed by atoms with Crippen LogP contribution in [0.3, 0.4) is 0 Å². The van der Waals surface area contributed by atoms with Crippen LogP contribution in [0.15, 0.2) is 24.4 Å². The number of aryl methyl sites for hydroxylation is 1. The summed E-state index contributed by atoms with van der Waals surface area (Å²) in [6.45, 7) is 1.85. The fourth-order valence-electron chi connectivity index (χ4n) is 3.15. The first kappa shape index (κ1) is 15.3. The van der Waals surface area contributed by atoms with Gasteiger partial charge in [-0.05, 0) is 30.9 Å². The van der Waals surface area contributed by atoms with Gasteiger partial charge in [-0.3, -0.25) is 14.5 Å². The molecule has 0 bridgehead atoms. The Balaban J connectivity index is 1.57. The Morgan fingerprint density at radius 3 is 2.96 bits per heavy atom. The molecule has 3 heterocycles. The molecule has 2 aromatic rings. The zero-order chi connectivity index (χ0) is 16.5. The monoisotopic (exact) mass is 327 g/mol. The van der Waals surface area contributed by atoms with Crippen molar-refractivity contribution in [1.29, 1.82) is 0 Å². The first-order valence-corrected chi connectivity index (χ1v) is 8.42. The van der Waals surface area contributed by atoms with E-state index in [0.29, 0.717) is 24.8 Å². The molecule has 0 aromatic carbocycles. The van der Waals surface area contributed by atoms with E-state index in [2.05, 4.69) is 15.3 Å². The molecule has 2 aromatic heterocycles. The highest BCUT2D eigenvalue weighted by Gasteiger charge is 2.36. The third kappa shape index (κ3) is 2.91. The zero-order valence-corrected chi connectivity index (χ0v) is 13.8. The maximum absolute atomic E-state index is 12.9. The van der Waals surface area contributed by atoms with Gasteiger partial charge in [-0.1, -0.05) is 11.3 Å². The Bertz CT molecular complexity index is 726. The zero-order valence-electron chi connectivity index (χ0n) is 13.8. The molecule has 7 heteroatoms. The third-order valence-corrected chi connectivity index (χ3v) is 4.73. The second-order valence-electron chi connectivity index (χ2n) is 6.51. The Kier molecular flexibility index (Phi) is 4.02. The molecule has 24 heavy (non-hydrogen) atoms. The lowest BCUT2D eigenvalue weighted by molar-refractivity contribution is 0.0351. The van der Waals surface area contributed by atoms with Gasteiger partial charge in [-0.2, -0.15) is 0 Å². The van der Waals surface area contributed by atoms with E-state index in [0.717, 1.165) is 24.4 Å². The van der Waals surface area contributed by atoms with Crippen molar-refractivity contribution in [1.82, 2.24) is 24.9 Å². The lowest BCUT2D eigenvalue weighted by Gasteiger charge is -2.34. The van der Waals surface area contributed by atoms with Crippen LogP contribution in [0, 0.1) is 5.92 Å². The fraction of sp³-hybridized carbons (Fsp3) is 0.529. The van der Waals surface area contributed by atoms with Crippen molar-refractivity contribution in [2.45, 2.75) is 25.3 Å². The predicted molar refractivity (Wildman–Crippen MR) is 86.3 cm³/mol. The molecule has 2 aliphatic rings. The lowest BCUT2D eigenvalue weighted by atomic mass is 10.0. The summed E-state index contributed by atoms with van der Waals surface area (Å²) in [4.78, 5) is 18.9. The fourth-order valence-corrected chi connectivity index (χ4v) is 3.15. The smallest absolute Gasteiger partial charge is 0.273 e. The number of nitrogens with zero attached hydrogens (tertiary/aromatic N) is 5. The Hall–Kier alpha value is -2.28. The molecule has 1 fully saturated rings. The van der Waals surface area contributed by atoms with Crippen molar-refractivity contribution in [2.75, 3.05) is 19.8 Å². The van der Waals surface area contributed by atoms with Crippen LogP contribution in [0.1, 0.15) is 40.8 Å². The maximum atomic E-state index is 12.9.